The Morgan fingerprint density at radius 3 is 1.02 bits per heavy atom. The Morgan fingerprint density at radius 2 is 0.783 bits per heavy atom. The van der Waals surface area contributed by atoms with Crippen LogP contribution in [0.25, 0.3) is 0 Å². The first-order valence-electron chi connectivity index (χ1n) is 13.1. The van der Waals surface area contributed by atoms with Crippen LogP contribution in [0, 0.1) is 0 Å². The van der Waals surface area contributed by atoms with Crippen molar-refractivity contribution in [1.82, 2.24) is 9.44 Å². The van der Waals surface area contributed by atoms with Crippen molar-refractivity contribution in [3.63, 3.8) is 0 Å². The van der Waals surface area contributed by atoms with Crippen LogP contribution in [0.4, 0.5) is 26.3 Å². The lowest BCUT2D eigenvalue weighted by molar-refractivity contribution is -0.138. The second kappa shape index (κ2) is 15.9. The highest BCUT2D eigenvalue weighted by Gasteiger charge is 2.32. The van der Waals surface area contributed by atoms with Gasteiger partial charge in [0.1, 0.15) is 0 Å². The highest BCUT2D eigenvalue weighted by Crippen LogP contribution is 2.31. The van der Waals surface area contributed by atoms with Gasteiger partial charge in [0.2, 0.25) is 20.0 Å². The Balaban J connectivity index is 0.000000250. The first-order valence-corrected chi connectivity index (χ1v) is 18.3. The molecule has 0 bridgehead atoms. The third kappa shape index (κ3) is 10.6. The maximum absolute atomic E-state index is 12.5. The molecule has 46 heavy (non-hydrogen) atoms. The zero-order chi connectivity index (χ0) is 34.2. The lowest BCUT2D eigenvalue weighted by Gasteiger charge is -2.17. The molecule has 2 N–H and O–H groups in total. The highest BCUT2D eigenvalue weighted by atomic mass is 79.9. The zero-order valence-corrected chi connectivity index (χ0v) is 28.2. The van der Waals surface area contributed by atoms with E-state index < -0.39 is 55.6 Å². The summed E-state index contributed by atoms with van der Waals surface area (Å²) in [5.74, 6) is 0. The van der Waals surface area contributed by atoms with Crippen molar-refractivity contribution in [3.05, 3.63) is 131 Å². The Kier molecular flexibility index (Phi) is 13.0. The van der Waals surface area contributed by atoms with Gasteiger partial charge in [-0.25, -0.2) is 26.3 Å². The molecule has 16 heteroatoms. The first kappa shape index (κ1) is 37.7. The van der Waals surface area contributed by atoms with E-state index in [2.05, 4.69) is 41.3 Å². The lowest BCUT2D eigenvalue weighted by atomic mass is 10.1. The average molecular weight is 816 g/mol. The fraction of sp³-hybridized carbons (Fsp3) is 0.200. The minimum Gasteiger partial charge on any atom is -0.207 e. The fourth-order valence-corrected chi connectivity index (χ4v) is 7.85. The summed E-state index contributed by atoms with van der Waals surface area (Å²) in [5, 5.41) is 0.660. The molecular weight excluding hydrogens is 790 g/mol. The summed E-state index contributed by atoms with van der Waals surface area (Å²) in [6, 6.07) is 23.5. The monoisotopic (exact) mass is 814 g/mol. The van der Waals surface area contributed by atoms with E-state index >= 15 is 0 Å². The van der Waals surface area contributed by atoms with Crippen molar-refractivity contribution in [2.75, 3.05) is 10.7 Å². The van der Waals surface area contributed by atoms with E-state index in [4.69, 9.17) is 0 Å². The number of halogens is 8. The van der Waals surface area contributed by atoms with Crippen LogP contribution in [0.3, 0.4) is 0 Å². The molecule has 4 aromatic rings. The molecule has 0 unspecified atom stereocenters. The van der Waals surface area contributed by atoms with Crippen molar-refractivity contribution in [2.24, 2.45) is 0 Å². The van der Waals surface area contributed by atoms with E-state index in [-0.39, 0.29) is 9.79 Å². The summed E-state index contributed by atoms with van der Waals surface area (Å²) in [5.41, 5.74) is -0.284. The summed E-state index contributed by atoms with van der Waals surface area (Å²) in [6.45, 7) is 0. The van der Waals surface area contributed by atoms with Crippen LogP contribution in [-0.2, 0) is 32.4 Å². The summed E-state index contributed by atoms with van der Waals surface area (Å²) < 4.78 is 129. The number of nitrogens with one attached hydrogen (secondary N) is 2. The lowest BCUT2D eigenvalue weighted by Crippen LogP contribution is -2.29. The van der Waals surface area contributed by atoms with E-state index in [0.717, 1.165) is 59.7 Å². The van der Waals surface area contributed by atoms with Gasteiger partial charge in [0.25, 0.3) is 0 Å². The molecule has 0 aromatic heterocycles. The van der Waals surface area contributed by atoms with Gasteiger partial charge in [-0.3, -0.25) is 0 Å². The summed E-state index contributed by atoms with van der Waals surface area (Å²) in [6.07, 6.45) is -9.00. The molecule has 0 saturated carbocycles. The van der Waals surface area contributed by atoms with Gasteiger partial charge >= 0.3 is 12.4 Å². The normalized spacial score (nSPS) is 13.7. The van der Waals surface area contributed by atoms with Gasteiger partial charge in [0.15, 0.2) is 0 Å². The molecular formula is C30H26Br2F6N2O4S2. The number of benzene rings is 4. The maximum Gasteiger partial charge on any atom is 0.416 e. The number of rotatable bonds is 10. The van der Waals surface area contributed by atoms with Crippen LogP contribution in [0.5, 0.6) is 0 Å². The second-order valence-electron chi connectivity index (χ2n) is 9.52. The molecule has 0 aliphatic rings. The quantitative estimate of drug-likeness (QED) is 0.125. The molecule has 0 aliphatic carbocycles. The molecule has 0 saturated heterocycles. The molecule has 4 aromatic carbocycles. The zero-order valence-electron chi connectivity index (χ0n) is 23.4. The molecule has 2 atom stereocenters. The first-order chi connectivity index (χ1) is 21.5. The molecule has 0 amide bonds. The number of alkyl halides is 8. The van der Waals surface area contributed by atoms with Crippen LogP contribution >= 0.6 is 31.9 Å². The topological polar surface area (TPSA) is 92.3 Å². The van der Waals surface area contributed by atoms with Crippen LogP contribution in [-0.4, -0.2) is 27.5 Å². The minimum atomic E-state index is -4.50. The fourth-order valence-electron chi connectivity index (χ4n) is 3.90. The Bertz CT molecular complexity index is 1630. The molecule has 0 aliphatic heterocycles. The van der Waals surface area contributed by atoms with Gasteiger partial charge < -0.3 is 0 Å². The average Bonchev–Trinajstić information content (AvgIpc) is 3.03. The molecule has 0 radical (unpaired) electrons. The Labute approximate surface area is 279 Å². The van der Waals surface area contributed by atoms with Crippen LogP contribution in [0.1, 0.15) is 34.3 Å². The van der Waals surface area contributed by atoms with E-state index in [1.165, 1.54) is 0 Å². The van der Waals surface area contributed by atoms with Crippen LogP contribution in [0.2, 0.25) is 0 Å². The van der Waals surface area contributed by atoms with Crippen molar-refractivity contribution in [2.45, 2.75) is 34.2 Å². The third-order valence-corrected chi connectivity index (χ3v) is 10.6. The van der Waals surface area contributed by atoms with E-state index in [1.807, 2.05) is 0 Å². The van der Waals surface area contributed by atoms with E-state index in [0.29, 0.717) is 10.7 Å². The van der Waals surface area contributed by atoms with Gasteiger partial charge in [0, 0.05) is 10.7 Å². The number of sulfonamides is 2. The molecule has 0 spiro atoms. The van der Waals surface area contributed by atoms with Crippen LogP contribution in [0.15, 0.2) is 119 Å². The van der Waals surface area contributed by atoms with Crippen LogP contribution < -0.4 is 9.44 Å². The third-order valence-electron chi connectivity index (χ3n) is 6.29. The van der Waals surface area contributed by atoms with Gasteiger partial charge in [-0.2, -0.15) is 26.3 Å². The van der Waals surface area contributed by atoms with Gasteiger partial charge in [0.05, 0.1) is 33.0 Å². The number of hydrogen-bond acceptors (Lipinski definition) is 4. The molecule has 6 nitrogen and oxygen atoms in total. The largest absolute Gasteiger partial charge is 0.416 e. The van der Waals surface area contributed by atoms with Gasteiger partial charge in [-0.05, 0) is 59.7 Å². The smallest absolute Gasteiger partial charge is 0.207 e. The van der Waals surface area contributed by atoms with E-state index in [1.54, 1.807) is 60.7 Å². The standard InChI is InChI=1S/2C15H13BrF3NO2S/c2*16-10-14(11-4-2-1-3-5-11)20-23(21,22)13-8-6-12(7-9-13)15(17,18)19/h2*1-9,14,20H,10H2/t2*14-/m00/s1. The van der Waals surface area contributed by atoms with Crippen molar-refractivity contribution < 1.29 is 43.2 Å². The summed E-state index contributed by atoms with van der Waals surface area (Å²) in [7, 11) is -7.86. The predicted molar refractivity (Wildman–Crippen MR) is 169 cm³/mol. The van der Waals surface area contributed by atoms with Crippen molar-refractivity contribution in [3.8, 4) is 0 Å². The minimum absolute atomic E-state index is 0.215. The van der Waals surface area contributed by atoms with Gasteiger partial charge in [-0.15, -0.1) is 0 Å². The Hall–Kier alpha value is -2.76. The predicted octanol–water partition coefficient (Wildman–Crippen LogP) is 8.24. The Morgan fingerprint density at radius 1 is 0.500 bits per heavy atom. The maximum atomic E-state index is 12.5. The highest BCUT2D eigenvalue weighted by molar-refractivity contribution is 9.09. The SMILES string of the molecule is O=S(=O)(N[C@@H](CBr)c1ccccc1)c1ccc(C(F)(F)F)cc1.O=S(=O)(N[C@@H](CBr)c1ccccc1)c1ccc(C(F)(F)F)cc1. The second-order valence-corrected chi connectivity index (χ2v) is 14.2. The number of hydrogen-bond donors (Lipinski definition) is 2. The van der Waals surface area contributed by atoms with E-state index in [9.17, 15) is 43.2 Å². The summed E-state index contributed by atoms with van der Waals surface area (Å²) in [4.78, 5) is -0.431. The van der Waals surface area contributed by atoms with Crippen molar-refractivity contribution in [1.29, 1.82) is 0 Å². The molecule has 0 heterocycles. The molecule has 248 valence electrons. The molecule has 0 fully saturated rings. The van der Waals surface area contributed by atoms with Gasteiger partial charge in [-0.1, -0.05) is 92.5 Å². The molecule has 4 rings (SSSR count). The van der Waals surface area contributed by atoms with Crippen molar-refractivity contribution >= 4 is 51.9 Å². The summed E-state index contributed by atoms with van der Waals surface area (Å²) >= 11 is 6.48.